The number of amides is 1. The molecule has 1 amide bonds. The second-order valence-electron chi connectivity index (χ2n) is 5.03. The fraction of sp³-hybridized carbons (Fsp3) is 0.429. The van der Waals surface area contributed by atoms with Gasteiger partial charge in [0.1, 0.15) is 0 Å². The van der Waals surface area contributed by atoms with Gasteiger partial charge in [-0.15, -0.1) is 0 Å². The molecule has 22 heavy (non-hydrogen) atoms. The van der Waals surface area contributed by atoms with E-state index in [4.69, 9.17) is 11.6 Å². The lowest BCUT2D eigenvalue weighted by Crippen LogP contribution is -2.56. The lowest BCUT2D eigenvalue weighted by molar-refractivity contribution is -0.297. The lowest BCUT2D eigenvalue weighted by atomic mass is 10.0. The molecule has 0 spiro atoms. The Morgan fingerprint density at radius 1 is 1.41 bits per heavy atom. The molecular formula is C14H14ClF3N2O2. The Labute approximate surface area is 130 Å². The van der Waals surface area contributed by atoms with Crippen LogP contribution >= 0.6 is 11.6 Å². The molecule has 1 aromatic carbocycles. The van der Waals surface area contributed by atoms with Gasteiger partial charge >= 0.3 is 6.18 Å². The van der Waals surface area contributed by atoms with Crippen LogP contribution in [0, 0.1) is 0 Å². The highest BCUT2D eigenvalue weighted by Crippen LogP contribution is 2.41. The van der Waals surface area contributed by atoms with Crippen LogP contribution in [0.15, 0.2) is 29.4 Å². The van der Waals surface area contributed by atoms with Gasteiger partial charge in [-0.05, 0) is 30.7 Å². The van der Waals surface area contributed by atoms with E-state index in [1.807, 2.05) is 0 Å². The predicted molar refractivity (Wildman–Crippen MR) is 75.6 cm³/mol. The third-order valence-electron chi connectivity index (χ3n) is 3.32. The zero-order chi connectivity index (χ0) is 16.5. The van der Waals surface area contributed by atoms with Crippen LogP contribution in [0.4, 0.5) is 13.2 Å². The zero-order valence-electron chi connectivity index (χ0n) is 11.7. The van der Waals surface area contributed by atoms with E-state index in [1.165, 1.54) is 24.3 Å². The molecule has 2 rings (SSSR count). The van der Waals surface area contributed by atoms with Crippen LogP contribution < -0.4 is 0 Å². The van der Waals surface area contributed by atoms with Gasteiger partial charge < -0.3 is 5.11 Å². The average Bonchev–Trinajstić information content (AvgIpc) is 2.77. The molecule has 0 aromatic heterocycles. The first-order valence-corrected chi connectivity index (χ1v) is 7.02. The van der Waals surface area contributed by atoms with E-state index in [0.717, 1.165) is 0 Å². The Morgan fingerprint density at radius 3 is 2.50 bits per heavy atom. The minimum absolute atomic E-state index is 0.0337. The Kier molecular flexibility index (Phi) is 4.49. The van der Waals surface area contributed by atoms with Crippen molar-refractivity contribution < 1.29 is 23.1 Å². The summed E-state index contributed by atoms with van der Waals surface area (Å²) in [6.07, 6.45) is -4.89. The summed E-state index contributed by atoms with van der Waals surface area (Å²) in [6.45, 7) is 1.78. The number of aliphatic hydroxyl groups is 1. The molecule has 0 radical (unpaired) electrons. The highest BCUT2D eigenvalue weighted by Gasteiger charge is 2.63. The van der Waals surface area contributed by atoms with Crippen LogP contribution in [0.2, 0.25) is 5.02 Å². The number of nitrogens with zero attached hydrogens (tertiary/aromatic N) is 2. The van der Waals surface area contributed by atoms with E-state index in [1.54, 1.807) is 6.92 Å². The van der Waals surface area contributed by atoms with E-state index < -0.39 is 24.2 Å². The maximum absolute atomic E-state index is 13.2. The fourth-order valence-corrected chi connectivity index (χ4v) is 2.32. The number of hydrazone groups is 1. The highest BCUT2D eigenvalue weighted by atomic mass is 35.5. The largest absolute Gasteiger partial charge is 0.438 e. The number of carbonyl (C=O) groups is 1. The molecule has 1 aliphatic heterocycles. The van der Waals surface area contributed by atoms with Crippen molar-refractivity contribution in [3.8, 4) is 0 Å². The van der Waals surface area contributed by atoms with E-state index in [2.05, 4.69) is 5.10 Å². The molecule has 1 aliphatic rings. The number of rotatable bonds is 3. The van der Waals surface area contributed by atoms with E-state index in [-0.39, 0.29) is 22.7 Å². The summed E-state index contributed by atoms with van der Waals surface area (Å²) < 4.78 is 39.6. The quantitative estimate of drug-likeness (QED) is 0.918. The molecule has 0 saturated carbocycles. The second kappa shape index (κ2) is 5.89. The Hall–Kier alpha value is -1.60. The third-order valence-corrected chi connectivity index (χ3v) is 3.57. The molecule has 0 saturated heterocycles. The molecule has 0 unspecified atom stereocenters. The Morgan fingerprint density at radius 2 is 2.00 bits per heavy atom. The van der Waals surface area contributed by atoms with Gasteiger partial charge in [-0.3, -0.25) is 4.79 Å². The van der Waals surface area contributed by atoms with Gasteiger partial charge in [-0.25, -0.2) is 0 Å². The highest BCUT2D eigenvalue weighted by molar-refractivity contribution is 6.30. The first-order valence-electron chi connectivity index (χ1n) is 6.64. The minimum Gasteiger partial charge on any atom is -0.362 e. The molecule has 4 nitrogen and oxygen atoms in total. The van der Waals surface area contributed by atoms with Crippen molar-refractivity contribution in [2.24, 2.45) is 5.10 Å². The van der Waals surface area contributed by atoms with Crippen molar-refractivity contribution >= 4 is 23.2 Å². The van der Waals surface area contributed by atoms with Crippen LogP contribution in [0.1, 0.15) is 36.5 Å². The number of benzene rings is 1. The molecule has 1 heterocycles. The lowest BCUT2D eigenvalue weighted by Gasteiger charge is -2.32. The molecule has 1 aromatic rings. The predicted octanol–water partition coefficient (Wildman–Crippen LogP) is 3.59. The summed E-state index contributed by atoms with van der Waals surface area (Å²) in [6, 6.07) is 5.34. The number of hydrogen-bond donors (Lipinski definition) is 1. The van der Waals surface area contributed by atoms with Gasteiger partial charge in [0.25, 0.3) is 11.6 Å². The van der Waals surface area contributed by atoms with Crippen LogP contribution in [-0.4, -0.2) is 33.6 Å². The van der Waals surface area contributed by atoms with E-state index >= 15 is 0 Å². The van der Waals surface area contributed by atoms with Gasteiger partial charge in [0, 0.05) is 22.7 Å². The number of alkyl halides is 3. The van der Waals surface area contributed by atoms with Crippen LogP contribution in [0.3, 0.4) is 0 Å². The van der Waals surface area contributed by atoms with Crippen molar-refractivity contribution in [2.45, 2.75) is 38.1 Å². The van der Waals surface area contributed by atoms with E-state index in [9.17, 15) is 23.1 Å². The summed E-state index contributed by atoms with van der Waals surface area (Å²) in [5.74, 6) is -1.03. The van der Waals surface area contributed by atoms with Gasteiger partial charge in [0.2, 0.25) is 0 Å². The molecule has 0 aliphatic carbocycles. The average molecular weight is 335 g/mol. The smallest absolute Gasteiger partial charge is 0.362 e. The van der Waals surface area contributed by atoms with Crippen molar-refractivity contribution in [1.82, 2.24) is 5.01 Å². The van der Waals surface area contributed by atoms with Crippen LogP contribution in [0.25, 0.3) is 0 Å². The van der Waals surface area contributed by atoms with Gasteiger partial charge in [0.15, 0.2) is 0 Å². The first kappa shape index (κ1) is 16.8. The fourth-order valence-electron chi connectivity index (χ4n) is 2.19. The maximum atomic E-state index is 13.2. The van der Waals surface area contributed by atoms with Gasteiger partial charge in [-0.2, -0.15) is 23.3 Å². The van der Waals surface area contributed by atoms with Gasteiger partial charge in [-0.1, -0.05) is 24.9 Å². The zero-order valence-corrected chi connectivity index (χ0v) is 12.4. The summed E-state index contributed by atoms with van der Waals surface area (Å²) in [5.41, 5.74) is -3.20. The molecule has 8 heteroatoms. The molecule has 1 atom stereocenters. The van der Waals surface area contributed by atoms with Crippen LogP contribution in [0.5, 0.6) is 0 Å². The number of hydrogen-bond acceptors (Lipinski definition) is 3. The van der Waals surface area contributed by atoms with Crippen molar-refractivity contribution in [1.29, 1.82) is 0 Å². The first-order chi connectivity index (χ1) is 10.2. The standard InChI is InChI=1S/C14H14ClF3N2O2/c1-2-3-11-8-13(22,14(16,17)18)20(19-11)12(21)9-4-6-10(15)7-5-9/h4-7,22H,2-3,8H2,1H3/t13-/m0/s1. The minimum atomic E-state index is -5.01. The molecular weight excluding hydrogens is 321 g/mol. The van der Waals surface area contributed by atoms with Crippen molar-refractivity contribution in [3.63, 3.8) is 0 Å². The maximum Gasteiger partial charge on any atom is 0.438 e. The summed E-state index contributed by atoms with van der Waals surface area (Å²) in [7, 11) is 0. The SMILES string of the molecule is CCCC1=NN(C(=O)c2ccc(Cl)cc2)[C@@](O)(C(F)(F)F)C1. The number of carbonyl (C=O) groups excluding carboxylic acids is 1. The topological polar surface area (TPSA) is 52.9 Å². The molecule has 1 N–H and O–H groups in total. The normalized spacial score (nSPS) is 21.9. The third kappa shape index (κ3) is 2.96. The Balaban J connectivity index is 2.39. The van der Waals surface area contributed by atoms with Crippen molar-refractivity contribution in [2.75, 3.05) is 0 Å². The Bertz CT molecular complexity index is 601. The molecule has 0 bridgehead atoms. The van der Waals surface area contributed by atoms with Crippen molar-refractivity contribution in [3.05, 3.63) is 34.9 Å². The molecule has 0 fully saturated rings. The number of halogens is 4. The van der Waals surface area contributed by atoms with Crippen LogP contribution in [-0.2, 0) is 0 Å². The second-order valence-corrected chi connectivity index (χ2v) is 5.47. The van der Waals surface area contributed by atoms with E-state index in [0.29, 0.717) is 11.4 Å². The monoisotopic (exact) mass is 334 g/mol. The summed E-state index contributed by atoms with van der Waals surface area (Å²) in [5, 5.41) is 14.2. The summed E-state index contributed by atoms with van der Waals surface area (Å²) in [4.78, 5) is 12.3. The van der Waals surface area contributed by atoms with Gasteiger partial charge in [0.05, 0.1) is 0 Å². The molecule has 120 valence electrons. The summed E-state index contributed by atoms with van der Waals surface area (Å²) >= 11 is 5.69.